The molecule has 0 spiro atoms. The number of hydrogen-bond donors (Lipinski definition) is 1. The van der Waals surface area contributed by atoms with Crippen LogP contribution < -0.4 is 10.9 Å². The van der Waals surface area contributed by atoms with E-state index in [1.165, 1.54) is 0 Å². The highest BCUT2D eigenvalue weighted by Gasteiger charge is 2.28. The Morgan fingerprint density at radius 1 is 0.841 bits per heavy atom. The topological polar surface area (TPSA) is 93.1 Å². The first-order valence-corrected chi connectivity index (χ1v) is 15.1. The molecule has 1 aliphatic rings. The highest BCUT2D eigenvalue weighted by molar-refractivity contribution is 6.08. The van der Waals surface area contributed by atoms with Crippen LogP contribution in [0.2, 0.25) is 0 Å². The molecule has 0 bridgehead atoms. The normalized spacial score (nSPS) is 15.1. The van der Waals surface area contributed by atoms with Crippen molar-refractivity contribution < 1.29 is 19.2 Å². The molecule has 5 rings (SSSR count). The van der Waals surface area contributed by atoms with Gasteiger partial charge < -0.3 is 14.9 Å². The Morgan fingerprint density at radius 2 is 1.43 bits per heavy atom. The number of para-hydroxylation sites is 1. The summed E-state index contributed by atoms with van der Waals surface area (Å²) in [4.78, 5) is 48.2. The van der Waals surface area contributed by atoms with Crippen LogP contribution in [0.15, 0.2) is 89.7 Å². The molecule has 44 heavy (non-hydrogen) atoms. The molecule has 3 aromatic carbocycles. The van der Waals surface area contributed by atoms with E-state index >= 15 is 0 Å². The number of hydroxylamine groups is 2. The lowest BCUT2D eigenvalue weighted by Crippen LogP contribution is -2.47. The summed E-state index contributed by atoms with van der Waals surface area (Å²) in [6.07, 6.45) is -0.0257. The number of carbonyl (C=O) groups is 2. The fraction of sp³-hybridized carbons (Fsp3) is 0.343. The Kier molecular flexibility index (Phi) is 9.46. The van der Waals surface area contributed by atoms with Crippen molar-refractivity contribution >= 4 is 22.8 Å². The van der Waals surface area contributed by atoms with Crippen molar-refractivity contribution in [3.63, 3.8) is 0 Å². The van der Waals surface area contributed by atoms with Gasteiger partial charge in [0.2, 0.25) is 0 Å². The number of fused-ring (bicyclic) bond motifs is 1. The van der Waals surface area contributed by atoms with Gasteiger partial charge in [-0.05, 0) is 51.0 Å². The lowest BCUT2D eigenvalue weighted by molar-refractivity contribution is -0.158. The lowest BCUT2D eigenvalue weighted by atomic mass is 9.99. The smallest absolute Gasteiger partial charge is 0.427 e. The fourth-order valence-electron chi connectivity index (χ4n) is 5.55. The highest BCUT2D eigenvalue weighted by atomic mass is 16.8. The molecule has 1 atom stereocenters. The number of hydrogen-bond acceptors (Lipinski definition) is 7. The second-order valence-electron chi connectivity index (χ2n) is 11.9. The molecule has 1 aliphatic heterocycles. The number of pyridine rings is 1. The Bertz CT molecular complexity index is 1660. The maximum atomic E-state index is 14.3. The minimum atomic E-state index is -0.735. The van der Waals surface area contributed by atoms with Gasteiger partial charge in [-0.2, -0.15) is 0 Å². The molecule has 0 saturated carbocycles. The molecule has 0 aliphatic carbocycles. The predicted octanol–water partition coefficient (Wildman–Crippen LogP) is 5.86. The van der Waals surface area contributed by atoms with Gasteiger partial charge in [-0.15, -0.1) is 5.06 Å². The van der Waals surface area contributed by atoms with Gasteiger partial charge in [0.15, 0.2) is 0 Å². The summed E-state index contributed by atoms with van der Waals surface area (Å²) in [5.41, 5.74) is 1.97. The summed E-state index contributed by atoms with van der Waals surface area (Å²) in [5.74, 6) is -0.233. The number of rotatable bonds is 8. The first-order valence-electron chi connectivity index (χ1n) is 15.1. The van der Waals surface area contributed by atoms with E-state index < -0.39 is 11.8 Å². The summed E-state index contributed by atoms with van der Waals surface area (Å²) in [5, 5.41) is 5.95. The van der Waals surface area contributed by atoms with Gasteiger partial charge in [-0.3, -0.25) is 19.1 Å². The van der Waals surface area contributed by atoms with E-state index in [0.717, 1.165) is 5.56 Å². The first kappa shape index (κ1) is 31.0. The molecule has 1 saturated heterocycles. The number of amides is 1. The molecule has 2 heterocycles. The Morgan fingerprint density at radius 3 is 2.05 bits per heavy atom. The van der Waals surface area contributed by atoms with Crippen LogP contribution in [-0.2, 0) is 16.1 Å². The van der Waals surface area contributed by atoms with Crippen LogP contribution in [0.25, 0.3) is 16.5 Å². The average Bonchev–Trinajstić information content (AvgIpc) is 3.01. The Balaban J connectivity index is 1.52. The van der Waals surface area contributed by atoms with Gasteiger partial charge in [0.05, 0.1) is 17.3 Å². The zero-order chi connectivity index (χ0) is 31.3. The van der Waals surface area contributed by atoms with Gasteiger partial charge in [-0.1, -0.05) is 73.7 Å². The third kappa shape index (κ3) is 7.18. The van der Waals surface area contributed by atoms with Gasteiger partial charge >= 0.3 is 6.16 Å². The molecule has 4 aromatic rings. The molecule has 1 unspecified atom stereocenters. The summed E-state index contributed by atoms with van der Waals surface area (Å²) in [6.45, 7) is 9.78. The summed E-state index contributed by atoms with van der Waals surface area (Å²) < 4.78 is 6.97. The zero-order valence-corrected chi connectivity index (χ0v) is 25.8. The van der Waals surface area contributed by atoms with Gasteiger partial charge in [0.1, 0.15) is 5.60 Å². The van der Waals surface area contributed by atoms with E-state index in [1.807, 2.05) is 85.8 Å². The molecule has 1 aromatic heterocycles. The van der Waals surface area contributed by atoms with E-state index in [0.29, 0.717) is 66.9 Å². The van der Waals surface area contributed by atoms with Crippen LogP contribution >= 0.6 is 0 Å². The molecule has 1 amide bonds. The maximum absolute atomic E-state index is 14.3. The van der Waals surface area contributed by atoms with Crippen molar-refractivity contribution in [1.29, 1.82) is 0 Å². The molecule has 1 N–H and O–H groups in total. The van der Waals surface area contributed by atoms with Crippen molar-refractivity contribution in [2.75, 3.05) is 26.2 Å². The molecule has 1 fully saturated rings. The van der Waals surface area contributed by atoms with Crippen LogP contribution in [0.4, 0.5) is 4.79 Å². The highest BCUT2D eigenvalue weighted by Crippen LogP contribution is 2.26. The van der Waals surface area contributed by atoms with Crippen LogP contribution in [-0.4, -0.2) is 58.4 Å². The van der Waals surface area contributed by atoms with E-state index in [9.17, 15) is 14.4 Å². The second-order valence-corrected chi connectivity index (χ2v) is 11.9. The van der Waals surface area contributed by atoms with Crippen molar-refractivity contribution in [3.8, 4) is 5.69 Å². The number of nitrogens with one attached hydrogen (secondary N) is 1. The second kappa shape index (κ2) is 13.4. The van der Waals surface area contributed by atoms with Gasteiger partial charge in [0, 0.05) is 49.2 Å². The molecular formula is C35H40N4O5. The minimum absolute atomic E-state index is 0.180. The standard InChI is InChI=1S/C35H40N4O5/c1-5-29(25-14-8-6-9-15-25)36-32(40)31-27-18-12-13-19-28(27)33(41)39(26-16-10-7-11-17-26)30(31)24-37-20-22-38(23-21-37)44-34(42)43-35(2,3)4/h6-19,29H,5,20-24H2,1-4H3,(H,36,40). The predicted molar refractivity (Wildman–Crippen MR) is 171 cm³/mol. The third-order valence-corrected chi connectivity index (χ3v) is 7.64. The van der Waals surface area contributed by atoms with Crippen LogP contribution in [0.5, 0.6) is 0 Å². The molecular weight excluding hydrogens is 556 g/mol. The van der Waals surface area contributed by atoms with Gasteiger partial charge in [0.25, 0.3) is 11.5 Å². The van der Waals surface area contributed by atoms with E-state index in [-0.39, 0.29) is 17.5 Å². The van der Waals surface area contributed by atoms with Crippen molar-refractivity contribution in [2.45, 2.75) is 52.3 Å². The Labute approximate surface area is 257 Å². The minimum Gasteiger partial charge on any atom is -0.427 e. The quantitative estimate of drug-likeness (QED) is 0.255. The van der Waals surface area contributed by atoms with Crippen LogP contribution in [0.1, 0.15) is 61.8 Å². The number of carbonyl (C=O) groups excluding carboxylic acids is 2. The van der Waals surface area contributed by atoms with Crippen LogP contribution in [0, 0.1) is 0 Å². The number of nitrogens with zero attached hydrogens (tertiary/aromatic N) is 3. The SMILES string of the molecule is CCC(NC(=O)c1c(CN2CCN(OC(=O)OC(C)(C)C)CC2)n(-c2ccccc2)c(=O)c2ccccc12)c1ccccc1. The monoisotopic (exact) mass is 596 g/mol. The first-order chi connectivity index (χ1) is 21.1. The van der Waals surface area contributed by atoms with Crippen molar-refractivity contribution in [1.82, 2.24) is 19.8 Å². The molecule has 9 heteroatoms. The van der Waals surface area contributed by atoms with Crippen molar-refractivity contribution in [2.24, 2.45) is 0 Å². The molecule has 0 radical (unpaired) electrons. The largest absolute Gasteiger partial charge is 0.528 e. The Hall–Kier alpha value is -4.47. The summed E-state index contributed by atoms with van der Waals surface area (Å²) in [6, 6.07) is 26.5. The molecule has 9 nitrogen and oxygen atoms in total. The third-order valence-electron chi connectivity index (χ3n) is 7.64. The average molecular weight is 597 g/mol. The van der Waals surface area contributed by atoms with Crippen molar-refractivity contribution in [3.05, 3.63) is 112 Å². The van der Waals surface area contributed by atoms with E-state index in [1.54, 1.807) is 36.5 Å². The number of aromatic nitrogens is 1. The summed E-state index contributed by atoms with van der Waals surface area (Å²) in [7, 11) is 0. The lowest BCUT2D eigenvalue weighted by Gasteiger charge is -2.34. The maximum Gasteiger partial charge on any atom is 0.528 e. The number of piperazine rings is 1. The molecule has 230 valence electrons. The van der Waals surface area contributed by atoms with E-state index in [2.05, 4.69) is 10.2 Å². The van der Waals surface area contributed by atoms with E-state index in [4.69, 9.17) is 9.57 Å². The summed E-state index contributed by atoms with van der Waals surface area (Å²) >= 11 is 0. The number of benzene rings is 3. The number of ether oxygens (including phenoxy) is 1. The van der Waals surface area contributed by atoms with Gasteiger partial charge in [-0.25, -0.2) is 4.79 Å². The fourth-order valence-corrected chi connectivity index (χ4v) is 5.55. The zero-order valence-electron chi connectivity index (χ0n) is 25.8. The van der Waals surface area contributed by atoms with Crippen LogP contribution in [0.3, 0.4) is 0 Å².